The average Bonchev–Trinajstić information content (AvgIpc) is 3.18. The summed E-state index contributed by atoms with van der Waals surface area (Å²) >= 11 is 0. The second kappa shape index (κ2) is 5.89. The SMILES string of the molecule is NC(=O)[C@H]1CC[C@@H](C2CCN(C(=O)c3ccoc3)CC2)O1. The van der Waals surface area contributed by atoms with Gasteiger partial charge in [-0.15, -0.1) is 0 Å². The van der Waals surface area contributed by atoms with E-state index in [9.17, 15) is 9.59 Å². The molecule has 1 aromatic heterocycles. The smallest absolute Gasteiger partial charge is 0.257 e. The Morgan fingerprint density at radius 2 is 1.95 bits per heavy atom. The van der Waals surface area contributed by atoms with Crippen LogP contribution >= 0.6 is 0 Å². The van der Waals surface area contributed by atoms with Crippen molar-refractivity contribution < 1.29 is 18.7 Å². The Balaban J connectivity index is 1.52. The molecule has 114 valence electrons. The molecule has 0 aromatic carbocycles. The summed E-state index contributed by atoms with van der Waals surface area (Å²) in [6, 6.07) is 1.69. The van der Waals surface area contributed by atoms with E-state index < -0.39 is 6.10 Å². The molecule has 2 amide bonds. The molecule has 0 saturated carbocycles. The van der Waals surface area contributed by atoms with E-state index in [-0.39, 0.29) is 17.9 Å². The van der Waals surface area contributed by atoms with Crippen LogP contribution in [-0.2, 0) is 9.53 Å². The molecule has 0 aliphatic carbocycles. The van der Waals surface area contributed by atoms with Crippen LogP contribution in [0, 0.1) is 5.92 Å². The zero-order chi connectivity index (χ0) is 14.8. The summed E-state index contributed by atoms with van der Waals surface area (Å²) in [6.07, 6.45) is 6.07. The summed E-state index contributed by atoms with van der Waals surface area (Å²) in [5, 5.41) is 0. The van der Waals surface area contributed by atoms with Gasteiger partial charge in [-0.2, -0.15) is 0 Å². The highest BCUT2D eigenvalue weighted by atomic mass is 16.5. The van der Waals surface area contributed by atoms with Crippen LogP contribution in [-0.4, -0.2) is 42.0 Å². The molecule has 2 aliphatic rings. The van der Waals surface area contributed by atoms with Crippen LogP contribution in [0.1, 0.15) is 36.0 Å². The van der Waals surface area contributed by atoms with Gasteiger partial charge in [-0.05, 0) is 37.7 Å². The third-order valence-electron chi connectivity index (χ3n) is 4.49. The third kappa shape index (κ3) is 2.95. The van der Waals surface area contributed by atoms with E-state index in [0.717, 1.165) is 32.4 Å². The minimum Gasteiger partial charge on any atom is -0.472 e. The molecule has 0 unspecified atom stereocenters. The molecule has 1 aromatic rings. The molecule has 2 fully saturated rings. The van der Waals surface area contributed by atoms with Crippen molar-refractivity contribution in [1.29, 1.82) is 0 Å². The van der Waals surface area contributed by atoms with E-state index in [0.29, 0.717) is 17.9 Å². The van der Waals surface area contributed by atoms with Crippen molar-refractivity contribution >= 4 is 11.8 Å². The summed E-state index contributed by atoms with van der Waals surface area (Å²) < 4.78 is 10.7. The maximum atomic E-state index is 12.2. The number of nitrogens with zero attached hydrogens (tertiary/aromatic N) is 1. The highest BCUT2D eigenvalue weighted by Gasteiger charge is 2.36. The molecule has 0 bridgehead atoms. The lowest BCUT2D eigenvalue weighted by atomic mass is 9.89. The summed E-state index contributed by atoms with van der Waals surface area (Å²) in [7, 11) is 0. The number of nitrogens with two attached hydrogens (primary N) is 1. The highest BCUT2D eigenvalue weighted by molar-refractivity contribution is 5.93. The van der Waals surface area contributed by atoms with Gasteiger partial charge in [-0.1, -0.05) is 0 Å². The monoisotopic (exact) mass is 292 g/mol. The molecule has 0 spiro atoms. The number of hydrogen-bond acceptors (Lipinski definition) is 4. The van der Waals surface area contributed by atoms with Gasteiger partial charge < -0.3 is 19.8 Å². The van der Waals surface area contributed by atoms with Crippen LogP contribution in [0.3, 0.4) is 0 Å². The number of ether oxygens (including phenoxy) is 1. The molecule has 6 heteroatoms. The quantitative estimate of drug-likeness (QED) is 0.906. The molecule has 2 atom stereocenters. The van der Waals surface area contributed by atoms with Gasteiger partial charge in [-0.25, -0.2) is 0 Å². The highest BCUT2D eigenvalue weighted by Crippen LogP contribution is 2.32. The molecule has 3 rings (SSSR count). The zero-order valence-electron chi connectivity index (χ0n) is 11.9. The first-order valence-corrected chi connectivity index (χ1v) is 7.41. The second-order valence-electron chi connectivity index (χ2n) is 5.78. The summed E-state index contributed by atoms with van der Waals surface area (Å²) in [6.45, 7) is 1.44. The maximum Gasteiger partial charge on any atom is 0.257 e. The van der Waals surface area contributed by atoms with Gasteiger partial charge in [0.15, 0.2) is 0 Å². The predicted molar refractivity (Wildman–Crippen MR) is 74.4 cm³/mol. The van der Waals surface area contributed by atoms with Gasteiger partial charge >= 0.3 is 0 Å². The van der Waals surface area contributed by atoms with Crippen molar-refractivity contribution in [1.82, 2.24) is 4.90 Å². The van der Waals surface area contributed by atoms with Crippen LogP contribution in [0.5, 0.6) is 0 Å². The largest absolute Gasteiger partial charge is 0.472 e. The summed E-state index contributed by atoms with van der Waals surface area (Å²) in [5.41, 5.74) is 5.88. The predicted octanol–water partition coefficient (Wildman–Crippen LogP) is 1.16. The fourth-order valence-electron chi connectivity index (χ4n) is 3.26. The summed E-state index contributed by atoms with van der Waals surface area (Å²) in [4.78, 5) is 25.2. The number of primary amides is 1. The third-order valence-corrected chi connectivity index (χ3v) is 4.49. The van der Waals surface area contributed by atoms with E-state index in [1.165, 1.54) is 12.5 Å². The lowest BCUT2D eigenvalue weighted by molar-refractivity contribution is -0.130. The molecule has 2 N–H and O–H groups in total. The van der Waals surface area contributed by atoms with E-state index >= 15 is 0 Å². The summed E-state index contributed by atoms with van der Waals surface area (Å²) in [5.74, 6) is 0.0531. The molecular formula is C15H20N2O4. The van der Waals surface area contributed by atoms with Crippen LogP contribution in [0.2, 0.25) is 0 Å². The van der Waals surface area contributed by atoms with Gasteiger partial charge in [0, 0.05) is 13.1 Å². The molecule has 21 heavy (non-hydrogen) atoms. The fraction of sp³-hybridized carbons (Fsp3) is 0.600. The van der Waals surface area contributed by atoms with Crippen LogP contribution in [0.15, 0.2) is 23.0 Å². The topological polar surface area (TPSA) is 85.8 Å². The standard InChI is InChI=1S/C15H20N2O4/c16-14(18)13-2-1-12(21-13)10-3-6-17(7-4-10)15(19)11-5-8-20-9-11/h5,8-10,12-13H,1-4,6-7H2,(H2,16,18)/t12-,13+/m0/s1. The van der Waals surface area contributed by atoms with E-state index in [2.05, 4.69) is 0 Å². The zero-order valence-corrected chi connectivity index (χ0v) is 11.9. The number of hydrogen-bond donors (Lipinski definition) is 1. The fourth-order valence-corrected chi connectivity index (χ4v) is 3.26. The van der Waals surface area contributed by atoms with Crippen LogP contribution < -0.4 is 5.73 Å². The normalized spacial score (nSPS) is 27.0. The molecule has 0 radical (unpaired) electrons. The Labute approximate surface area is 123 Å². The van der Waals surface area contributed by atoms with Crippen molar-refractivity contribution in [3.05, 3.63) is 24.2 Å². The van der Waals surface area contributed by atoms with Crippen molar-refractivity contribution in [2.75, 3.05) is 13.1 Å². The number of carbonyl (C=O) groups excluding carboxylic acids is 2. The molecule has 2 saturated heterocycles. The first-order chi connectivity index (χ1) is 10.1. The minimum absolute atomic E-state index is 0.0181. The molecule has 3 heterocycles. The Hall–Kier alpha value is -1.82. The van der Waals surface area contributed by atoms with Gasteiger partial charge in [0.1, 0.15) is 12.4 Å². The van der Waals surface area contributed by atoms with Crippen molar-refractivity contribution in [2.24, 2.45) is 11.7 Å². The average molecular weight is 292 g/mol. The van der Waals surface area contributed by atoms with Gasteiger partial charge in [0.05, 0.1) is 17.9 Å². The molecule has 2 aliphatic heterocycles. The van der Waals surface area contributed by atoms with Crippen LogP contribution in [0.25, 0.3) is 0 Å². The lowest BCUT2D eigenvalue weighted by Gasteiger charge is -2.34. The van der Waals surface area contributed by atoms with Crippen molar-refractivity contribution in [3.8, 4) is 0 Å². The Kier molecular flexibility index (Phi) is 3.96. The number of amides is 2. The lowest BCUT2D eigenvalue weighted by Crippen LogP contribution is -2.41. The maximum absolute atomic E-state index is 12.2. The van der Waals surface area contributed by atoms with E-state index in [4.69, 9.17) is 14.9 Å². The number of carbonyl (C=O) groups is 2. The van der Waals surface area contributed by atoms with Gasteiger partial charge in [-0.3, -0.25) is 9.59 Å². The Morgan fingerprint density at radius 1 is 1.19 bits per heavy atom. The number of furan rings is 1. The number of likely N-dealkylation sites (tertiary alicyclic amines) is 1. The molecule has 6 nitrogen and oxygen atoms in total. The van der Waals surface area contributed by atoms with Gasteiger partial charge in [0.2, 0.25) is 5.91 Å². The Morgan fingerprint density at radius 3 is 2.52 bits per heavy atom. The first-order valence-electron chi connectivity index (χ1n) is 7.41. The molecular weight excluding hydrogens is 272 g/mol. The second-order valence-corrected chi connectivity index (χ2v) is 5.78. The van der Waals surface area contributed by atoms with E-state index in [1.54, 1.807) is 6.07 Å². The van der Waals surface area contributed by atoms with Crippen LogP contribution in [0.4, 0.5) is 0 Å². The van der Waals surface area contributed by atoms with Crippen molar-refractivity contribution in [3.63, 3.8) is 0 Å². The number of piperidine rings is 1. The Bertz CT molecular complexity index is 506. The van der Waals surface area contributed by atoms with Gasteiger partial charge in [0.25, 0.3) is 5.91 Å². The minimum atomic E-state index is -0.430. The van der Waals surface area contributed by atoms with Crippen molar-refractivity contribution in [2.45, 2.75) is 37.9 Å². The van der Waals surface area contributed by atoms with E-state index in [1.807, 2.05) is 4.90 Å². The first kappa shape index (κ1) is 14.1. The number of rotatable bonds is 3.